The van der Waals surface area contributed by atoms with Gasteiger partial charge in [0.1, 0.15) is 11.6 Å². The lowest BCUT2D eigenvalue weighted by atomic mass is 10.1. The van der Waals surface area contributed by atoms with Gasteiger partial charge in [-0.3, -0.25) is 0 Å². The third-order valence-corrected chi connectivity index (χ3v) is 5.07. The van der Waals surface area contributed by atoms with Crippen LogP contribution in [0, 0.1) is 12.7 Å². The Morgan fingerprint density at radius 1 is 1.22 bits per heavy atom. The number of sulfonamides is 1. The number of hydrogen-bond donors (Lipinski definition) is 1. The van der Waals surface area contributed by atoms with Crippen LogP contribution in [0.15, 0.2) is 47.4 Å². The summed E-state index contributed by atoms with van der Waals surface area (Å²) in [5, 5.41) is 0. The quantitative estimate of drug-likeness (QED) is 0.881. The maximum atomic E-state index is 13.6. The fourth-order valence-corrected chi connectivity index (χ4v) is 3.52. The van der Waals surface area contributed by atoms with E-state index < -0.39 is 15.8 Å². The van der Waals surface area contributed by atoms with Gasteiger partial charge in [0, 0.05) is 6.04 Å². The smallest absolute Gasteiger partial charge is 0.240 e. The summed E-state index contributed by atoms with van der Waals surface area (Å²) < 4.78 is 45.9. The van der Waals surface area contributed by atoms with Gasteiger partial charge in [-0.1, -0.05) is 18.2 Å². The lowest BCUT2D eigenvalue weighted by molar-refractivity contribution is 0.414. The molecule has 1 atom stereocenters. The molecule has 0 fully saturated rings. The van der Waals surface area contributed by atoms with E-state index in [1.54, 1.807) is 21.0 Å². The Morgan fingerprint density at radius 2 is 1.96 bits per heavy atom. The summed E-state index contributed by atoms with van der Waals surface area (Å²) in [5.41, 5.74) is 1.36. The number of ether oxygens (including phenoxy) is 1. The minimum atomic E-state index is -3.76. The van der Waals surface area contributed by atoms with E-state index in [-0.39, 0.29) is 10.9 Å². The minimum Gasteiger partial charge on any atom is -0.497 e. The Labute approximate surface area is 136 Å². The topological polar surface area (TPSA) is 55.4 Å². The molecule has 4 nitrogen and oxygen atoms in total. The molecule has 2 aromatic carbocycles. The first-order valence-corrected chi connectivity index (χ1v) is 8.71. The van der Waals surface area contributed by atoms with Crippen LogP contribution in [-0.2, 0) is 16.4 Å². The molecule has 0 heterocycles. The fraction of sp³-hybridized carbons (Fsp3) is 0.294. The zero-order chi connectivity index (χ0) is 17.0. The molecule has 124 valence electrons. The average Bonchev–Trinajstić information content (AvgIpc) is 2.49. The summed E-state index contributed by atoms with van der Waals surface area (Å²) in [7, 11) is -2.18. The molecule has 0 aliphatic heterocycles. The number of methoxy groups -OCH3 is 1. The standard InChI is InChI=1S/C17H20FNO3S/c1-12-7-8-16(11-17(12)18)23(20,21)19-13(2)9-14-5-4-6-15(10-14)22-3/h4-8,10-11,13,19H,9H2,1-3H3. The van der Waals surface area contributed by atoms with Crippen molar-refractivity contribution in [1.29, 1.82) is 0 Å². The lowest BCUT2D eigenvalue weighted by Gasteiger charge is -2.15. The van der Waals surface area contributed by atoms with Gasteiger partial charge in [-0.2, -0.15) is 0 Å². The molecule has 23 heavy (non-hydrogen) atoms. The maximum absolute atomic E-state index is 13.6. The van der Waals surface area contributed by atoms with Gasteiger partial charge in [0.2, 0.25) is 10.0 Å². The van der Waals surface area contributed by atoms with Crippen LogP contribution in [0.5, 0.6) is 5.75 Å². The van der Waals surface area contributed by atoms with Crippen LogP contribution >= 0.6 is 0 Å². The van der Waals surface area contributed by atoms with Crippen molar-refractivity contribution in [2.24, 2.45) is 0 Å². The van der Waals surface area contributed by atoms with Gasteiger partial charge in [0.05, 0.1) is 12.0 Å². The van der Waals surface area contributed by atoms with E-state index in [0.29, 0.717) is 12.0 Å². The Bertz CT molecular complexity index is 790. The molecule has 0 aliphatic rings. The molecular weight excluding hydrogens is 317 g/mol. The van der Waals surface area contributed by atoms with Crippen LogP contribution in [0.25, 0.3) is 0 Å². The zero-order valence-electron chi connectivity index (χ0n) is 13.3. The van der Waals surface area contributed by atoms with E-state index in [1.165, 1.54) is 12.1 Å². The first-order chi connectivity index (χ1) is 10.8. The van der Waals surface area contributed by atoms with E-state index in [0.717, 1.165) is 17.4 Å². The molecule has 0 aliphatic carbocycles. The molecule has 6 heteroatoms. The predicted octanol–water partition coefficient (Wildman–Crippen LogP) is 3.05. The van der Waals surface area contributed by atoms with Crippen molar-refractivity contribution < 1.29 is 17.5 Å². The molecular formula is C17H20FNO3S. The number of hydrogen-bond acceptors (Lipinski definition) is 3. The first kappa shape index (κ1) is 17.4. The van der Waals surface area contributed by atoms with Crippen LogP contribution in [-0.4, -0.2) is 21.6 Å². The fourth-order valence-electron chi connectivity index (χ4n) is 2.27. The molecule has 2 aromatic rings. The lowest BCUT2D eigenvalue weighted by Crippen LogP contribution is -2.34. The van der Waals surface area contributed by atoms with Crippen molar-refractivity contribution in [3.8, 4) is 5.75 Å². The van der Waals surface area contributed by atoms with E-state index in [2.05, 4.69) is 4.72 Å². The van der Waals surface area contributed by atoms with Crippen LogP contribution < -0.4 is 9.46 Å². The number of nitrogens with one attached hydrogen (secondary N) is 1. The molecule has 0 bridgehead atoms. The van der Waals surface area contributed by atoms with Gasteiger partial charge in [0.15, 0.2) is 0 Å². The summed E-state index contributed by atoms with van der Waals surface area (Å²) in [4.78, 5) is -0.0712. The van der Waals surface area contributed by atoms with Crippen molar-refractivity contribution in [2.75, 3.05) is 7.11 Å². The molecule has 0 amide bonds. The van der Waals surface area contributed by atoms with Crippen molar-refractivity contribution in [2.45, 2.75) is 31.2 Å². The Morgan fingerprint density at radius 3 is 2.61 bits per heavy atom. The number of aryl methyl sites for hydroxylation is 1. The maximum Gasteiger partial charge on any atom is 0.240 e. The summed E-state index contributed by atoms with van der Waals surface area (Å²) in [6, 6.07) is 11.0. The second-order valence-corrected chi connectivity index (χ2v) is 7.20. The average molecular weight is 337 g/mol. The highest BCUT2D eigenvalue weighted by atomic mass is 32.2. The van der Waals surface area contributed by atoms with Gasteiger partial charge < -0.3 is 4.74 Å². The number of rotatable bonds is 6. The Balaban J connectivity index is 2.11. The van der Waals surface area contributed by atoms with Crippen molar-refractivity contribution >= 4 is 10.0 Å². The first-order valence-electron chi connectivity index (χ1n) is 7.23. The molecule has 0 saturated carbocycles. The summed E-state index contributed by atoms with van der Waals surface area (Å²) in [6.45, 7) is 3.35. The van der Waals surface area contributed by atoms with Gasteiger partial charge in [0.25, 0.3) is 0 Å². The SMILES string of the molecule is COc1cccc(CC(C)NS(=O)(=O)c2ccc(C)c(F)c2)c1. The molecule has 1 N–H and O–H groups in total. The Hall–Kier alpha value is -1.92. The van der Waals surface area contributed by atoms with E-state index >= 15 is 0 Å². The van der Waals surface area contributed by atoms with Crippen molar-refractivity contribution in [3.05, 3.63) is 59.4 Å². The molecule has 0 spiro atoms. The molecule has 0 radical (unpaired) electrons. The summed E-state index contributed by atoms with van der Waals surface area (Å²) in [6.07, 6.45) is 0.505. The third-order valence-electron chi connectivity index (χ3n) is 3.49. The molecule has 2 rings (SSSR count). The van der Waals surface area contributed by atoms with E-state index in [9.17, 15) is 12.8 Å². The Kier molecular flexibility index (Phi) is 5.38. The number of benzene rings is 2. The highest BCUT2D eigenvalue weighted by Gasteiger charge is 2.18. The van der Waals surface area contributed by atoms with Gasteiger partial charge >= 0.3 is 0 Å². The minimum absolute atomic E-state index is 0.0712. The zero-order valence-corrected chi connectivity index (χ0v) is 14.2. The highest BCUT2D eigenvalue weighted by Crippen LogP contribution is 2.17. The van der Waals surface area contributed by atoms with Crippen molar-refractivity contribution in [1.82, 2.24) is 4.72 Å². The second kappa shape index (κ2) is 7.10. The van der Waals surface area contributed by atoms with E-state index in [1.807, 2.05) is 24.3 Å². The normalized spacial score (nSPS) is 12.9. The molecule has 1 unspecified atom stereocenters. The predicted molar refractivity (Wildman–Crippen MR) is 87.6 cm³/mol. The monoisotopic (exact) mass is 337 g/mol. The summed E-state index contributed by atoms with van der Waals surface area (Å²) in [5.74, 6) is 0.187. The van der Waals surface area contributed by atoms with Crippen LogP contribution in [0.1, 0.15) is 18.1 Å². The van der Waals surface area contributed by atoms with Crippen molar-refractivity contribution in [3.63, 3.8) is 0 Å². The van der Waals surface area contributed by atoms with Gasteiger partial charge in [-0.15, -0.1) is 0 Å². The van der Waals surface area contributed by atoms with Crippen LogP contribution in [0.2, 0.25) is 0 Å². The van der Waals surface area contributed by atoms with Crippen LogP contribution in [0.3, 0.4) is 0 Å². The largest absolute Gasteiger partial charge is 0.497 e. The van der Waals surface area contributed by atoms with Crippen LogP contribution in [0.4, 0.5) is 4.39 Å². The van der Waals surface area contributed by atoms with Gasteiger partial charge in [-0.25, -0.2) is 17.5 Å². The third kappa shape index (κ3) is 4.53. The number of halogens is 1. The molecule has 0 aromatic heterocycles. The highest BCUT2D eigenvalue weighted by molar-refractivity contribution is 7.89. The second-order valence-electron chi connectivity index (χ2n) is 5.49. The van der Waals surface area contributed by atoms with E-state index in [4.69, 9.17) is 4.74 Å². The van der Waals surface area contributed by atoms with Gasteiger partial charge in [-0.05, 0) is 55.7 Å². The molecule has 0 saturated heterocycles. The summed E-state index contributed by atoms with van der Waals surface area (Å²) >= 11 is 0.